The highest BCUT2D eigenvalue weighted by Crippen LogP contribution is 2.31. The van der Waals surface area contributed by atoms with E-state index in [4.69, 9.17) is 0 Å². The molecule has 1 aliphatic heterocycles. The molecule has 2 heterocycles. The summed E-state index contributed by atoms with van der Waals surface area (Å²) in [4.78, 5) is 31.6. The first kappa shape index (κ1) is 20.3. The second-order valence-electron chi connectivity index (χ2n) is 7.73. The van der Waals surface area contributed by atoms with Gasteiger partial charge in [-0.25, -0.2) is 4.98 Å². The van der Waals surface area contributed by atoms with Crippen LogP contribution in [0.5, 0.6) is 0 Å². The van der Waals surface area contributed by atoms with Crippen LogP contribution >= 0.6 is 11.3 Å². The lowest BCUT2D eigenvalue weighted by molar-refractivity contribution is -0.130. The van der Waals surface area contributed by atoms with Crippen molar-refractivity contribution in [3.63, 3.8) is 0 Å². The first-order valence-electron chi connectivity index (χ1n) is 10.2. The molecule has 0 spiro atoms. The van der Waals surface area contributed by atoms with Gasteiger partial charge in [-0.05, 0) is 49.5 Å². The molecular weight excluding hydrogens is 394 g/mol. The number of benzene rings is 2. The van der Waals surface area contributed by atoms with E-state index in [0.29, 0.717) is 31.1 Å². The van der Waals surface area contributed by atoms with Crippen molar-refractivity contribution in [3.05, 3.63) is 65.2 Å². The number of fused-ring (bicyclic) bond motifs is 1. The zero-order chi connectivity index (χ0) is 21.1. The molecule has 0 saturated carbocycles. The number of aryl methyl sites for hydroxylation is 2. The van der Waals surface area contributed by atoms with Gasteiger partial charge in [-0.1, -0.05) is 53.8 Å². The van der Waals surface area contributed by atoms with Gasteiger partial charge in [0.25, 0.3) is 0 Å². The molecule has 4 rings (SSSR count). The van der Waals surface area contributed by atoms with E-state index in [1.165, 1.54) is 16.9 Å². The lowest BCUT2D eigenvalue weighted by Gasteiger charge is -2.30. The van der Waals surface area contributed by atoms with Crippen LogP contribution in [0.25, 0.3) is 16.3 Å². The minimum absolute atomic E-state index is 0.00344. The van der Waals surface area contributed by atoms with Gasteiger partial charge in [-0.3, -0.25) is 9.59 Å². The van der Waals surface area contributed by atoms with Gasteiger partial charge >= 0.3 is 0 Å². The first-order valence-corrected chi connectivity index (χ1v) is 11.0. The molecule has 0 unspecified atom stereocenters. The van der Waals surface area contributed by atoms with Crippen molar-refractivity contribution in [1.82, 2.24) is 9.88 Å². The summed E-state index contributed by atoms with van der Waals surface area (Å²) in [6.07, 6.45) is 4.78. The molecule has 2 aromatic carbocycles. The van der Waals surface area contributed by atoms with Crippen molar-refractivity contribution in [1.29, 1.82) is 0 Å². The van der Waals surface area contributed by atoms with Gasteiger partial charge in [-0.2, -0.15) is 0 Å². The molecule has 3 aromatic rings. The summed E-state index contributed by atoms with van der Waals surface area (Å²) in [5.41, 5.74) is 4.24. The predicted molar refractivity (Wildman–Crippen MR) is 123 cm³/mol. The van der Waals surface area contributed by atoms with Crippen molar-refractivity contribution < 1.29 is 9.59 Å². The molecule has 1 aliphatic rings. The number of anilines is 1. The largest absolute Gasteiger partial charge is 0.339 e. The molecule has 0 radical (unpaired) electrons. The Labute approximate surface area is 180 Å². The smallest absolute Gasteiger partial charge is 0.246 e. The van der Waals surface area contributed by atoms with Crippen molar-refractivity contribution in [3.8, 4) is 0 Å². The van der Waals surface area contributed by atoms with Gasteiger partial charge in [0.1, 0.15) is 0 Å². The third-order valence-corrected chi connectivity index (χ3v) is 6.67. The maximum absolute atomic E-state index is 12.7. The molecule has 1 N–H and O–H groups in total. The number of piperidine rings is 1. The first-order chi connectivity index (χ1) is 14.5. The number of carbonyl (C=O) groups excluding carboxylic acids is 2. The third kappa shape index (κ3) is 4.44. The van der Waals surface area contributed by atoms with Crippen molar-refractivity contribution >= 4 is 44.6 Å². The average Bonchev–Trinajstić information content (AvgIpc) is 3.20. The molecule has 1 saturated heterocycles. The maximum atomic E-state index is 12.7. The number of hydrogen-bond acceptors (Lipinski definition) is 4. The van der Waals surface area contributed by atoms with Gasteiger partial charge in [0.15, 0.2) is 5.13 Å². The van der Waals surface area contributed by atoms with Crippen LogP contribution in [-0.4, -0.2) is 34.8 Å². The Morgan fingerprint density at radius 1 is 1.07 bits per heavy atom. The second kappa shape index (κ2) is 8.79. The number of nitrogens with one attached hydrogen (secondary N) is 1. The minimum Gasteiger partial charge on any atom is -0.339 e. The van der Waals surface area contributed by atoms with Crippen LogP contribution in [0.4, 0.5) is 5.13 Å². The van der Waals surface area contributed by atoms with Crippen LogP contribution in [0.1, 0.15) is 29.5 Å². The molecule has 154 valence electrons. The molecule has 2 amide bonds. The van der Waals surface area contributed by atoms with E-state index in [0.717, 1.165) is 21.3 Å². The fourth-order valence-electron chi connectivity index (χ4n) is 3.72. The van der Waals surface area contributed by atoms with Crippen molar-refractivity contribution in [2.75, 3.05) is 18.4 Å². The summed E-state index contributed by atoms with van der Waals surface area (Å²) < 4.78 is 1.12. The standard InChI is InChI=1S/C24H25N3O2S/c1-16-8-9-17(2)22-21(16)25-24(30-22)26-23(29)19-12-14-27(15-13-19)20(28)11-10-18-6-4-3-5-7-18/h3-11,19H,12-15H2,1-2H3,(H,25,26,29)/b11-10+. The zero-order valence-electron chi connectivity index (χ0n) is 17.2. The summed E-state index contributed by atoms with van der Waals surface area (Å²) in [5.74, 6) is -0.104. The molecule has 30 heavy (non-hydrogen) atoms. The Morgan fingerprint density at radius 3 is 2.47 bits per heavy atom. The fourth-order valence-corrected chi connectivity index (χ4v) is 4.73. The van der Waals surface area contributed by atoms with Crippen LogP contribution in [0.2, 0.25) is 0 Å². The molecular formula is C24H25N3O2S. The number of amides is 2. The summed E-state index contributed by atoms with van der Waals surface area (Å²) in [7, 11) is 0. The molecule has 0 atom stereocenters. The predicted octanol–water partition coefficient (Wildman–Crippen LogP) is 4.80. The van der Waals surface area contributed by atoms with E-state index in [-0.39, 0.29) is 17.7 Å². The van der Waals surface area contributed by atoms with E-state index >= 15 is 0 Å². The van der Waals surface area contributed by atoms with E-state index in [2.05, 4.69) is 29.4 Å². The third-order valence-electron chi connectivity index (χ3n) is 5.57. The Bertz CT molecular complexity index is 1060. The molecule has 5 nitrogen and oxygen atoms in total. The summed E-state index contributed by atoms with van der Waals surface area (Å²) in [6.45, 7) is 5.28. The Hall–Kier alpha value is -2.99. The normalized spacial score (nSPS) is 15.1. The van der Waals surface area contributed by atoms with Crippen LogP contribution in [0, 0.1) is 19.8 Å². The fraction of sp³-hybridized carbons (Fsp3) is 0.292. The highest BCUT2D eigenvalue weighted by molar-refractivity contribution is 7.22. The van der Waals surface area contributed by atoms with E-state index in [9.17, 15) is 9.59 Å². The summed E-state index contributed by atoms with van der Waals surface area (Å²) >= 11 is 1.52. The number of nitrogens with zero attached hydrogens (tertiary/aromatic N) is 2. The second-order valence-corrected chi connectivity index (χ2v) is 8.73. The van der Waals surface area contributed by atoms with Crippen LogP contribution in [-0.2, 0) is 9.59 Å². The summed E-state index contributed by atoms with van der Waals surface area (Å²) in [6, 6.07) is 13.9. The SMILES string of the molecule is Cc1ccc(C)c2sc(NC(=O)C3CCN(C(=O)/C=C/c4ccccc4)CC3)nc12. The number of hydrogen-bond donors (Lipinski definition) is 1. The molecule has 1 fully saturated rings. The molecule has 0 bridgehead atoms. The van der Waals surface area contributed by atoms with Crippen LogP contribution < -0.4 is 5.32 Å². The zero-order valence-corrected chi connectivity index (χ0v) is 18.0. The van der Waals surface area contributed by atoms with Gasteiger partial charge < -0.3 is 10.2 Å². The number of aromatic nitrogens is 1. The van der Waals surface area contributed by atoms with Crippen LogP contribution in [0.15, 0.2) is 48.5 Å². The topological polar surface area (TPSA) is 62.3 Å². The minimum atomic E-state index is -0.0960. The monoisotopic (exact) mass is 419 g/mol. The number of carbonyl (C=O) groups is 2. The molecule has 1 aromatic heterocycles. The highest BCUT2D eigenvalue weighted by Gasteiger charge is 2.27. The highest BCUT2D eigenvalue weighted by atomic mass is 32.1. The van der Waals surface area contributed by atoms with E-state index < -0.39 is 0 Å². The van der Waals surface area contributed by atoms with Crippen molar-refractivity contribution in [2.45, 2.75) is 26.7 Å². The lowest BCUT2D eigenvalue weighted by atomic mass is 9.96. The van der Waals surface area contributed by atoms with Gasteiger partial charge in [0, 0.05) is 25.1 Å². The van der Waals surface area contributed by atoms with Gasteiger partial charge in [-0.15, -0.1) is 0 Å². The summed E-state index contributed by atoms with van der Waals surface area (Å²) in [5, 5.41) is 3.65. The van der Waals surface area contributed by atoms with Gasteiger partial charge in [0.2, 0.25) is 11.8 Å². The van der Waals surface area contributed by atoms with Gasteiger partial charge in [0.05, 0.1) is 10.2 Å². The average molecular weight is 420 g/mol. The molecule has 0 aliphatic carbocycles. The number of likely N-dealkylation sites (tertiary alicyclic amines) is 1. The van der Waals surface area contributed by atoms with Crippen molar-refractivity contribution in [2.24, 2.45) is 5.92 Å². The molecule has 6 heteroatoms. The quantitative estimate of drug-likeness (QED) is 0.618. The lowest BCUT2D eigenvalue weighted by Crippen LogP contribution is -2.40. The number of rotatable bonds is 4. The van der Waals surface area contributed by atoms with E-state index in [1.807, 2.05) is 48.2 Å². The van der Waals surface area contributed by atoms with Crippen LogP contribution in [0.3, 0.4) is 0 Å². The maximum Gasteiger partial charge on any atom is 0.246 e. The van der Waals surface area contributed by atoms with E-state index in [1.54, 1.807) is 6.08 Å². The Balaban J connectivity index is 1.33. The Morgan fingerprint density at radius 2 is 1.77 bits per heavy atom. The number of thiazole rings is 1. The Kier molecular flexibility index (Phi) is 5.95.